The number of nitrogens with zero attached hydrogens (tertiary/aromatic N) is 3. The number of halogens is 1. The van der Waals surface area contributed by atoms with Gasteiger partial charge in [0.2, 0.25) is 10.0 Å². The molecule has 0 aliphatic carbocycles. The van der Waals surface area contributed by atoms with Crippen LogP contribution in [-0.4, -0.2) is 67.4 Å². The lowest BCUT2D eigenvalue weighted by atomic mass is 10.1. The van der Waals surface area contributed by atoms with Gasteiger partial charge in [-0.05, 0) is 38.1 Å². The lowest BCUT2D eigenvalue weighted by Crippen LogP contribution is -2.47. The molecule has 0 atom stereocenters. The monoisotopic (exact) mass is 454 g/mol. The number of piperazine rings is 1. The summed E-state index contributed by atoms with van der Waals surface area (Å²) in [4.78, 5) is 21.6. The van der Waals surface area contributed by atoms with E-state index in [1.807, 2.05) is 20.9 Å². The summed E-state index contributed by atoms with van der Waals surface area (Å²) in [5, 5.41) is 0.0403. The zero-order valence-electron chi connectivity index (χ0n) is 17.4. The van der Waals surface area contributed by atoms with Crippen LogP contribution in [0.4, 0.5) is 0 Å². The maximum Gasteiger partial charge on any atom is 0.270 e. The number of sulfonamides is 1. The van der Waals surface area contributed by atoms with Crippen molar-refractivity contribution in [1.29, 1.82) is 0 Å². The molecular weight excluding hydrogens is 428 g/mol. The Kier molecular flexibility index (Phi) is 7.18. The largest absolute Gasteiger partial charge is 0.493 e. The summed E-state index contributed by atoms with van der Waals surface area (Å²) in [6, 6.07) is 4.68. The normalized spacial score (nSPS) is 16.0. The minimum Gasteiger partial charge on any atom is -0.493 e. The smallest absolute Gasteiger partial charge is 0.270 e. The third-order valence-corrected chi connectivity index (χ3v) is 7.32. The number of aryl methyl sites for hydroxylation is 1. The van der Waals surface area contributed by atoms with Gasteiger partial charge in [0, 0.05) is 26.2 Å². The molecule has 164 valence electrons. The number of aromatic amines is 1. The van der Waals surface area contributed by atoms with Crippen LogP contribution >= 0.6 is 11.6 Å². The Morgan fingerprint density at radius 2 is 1.90 bits per heavy atom. The maximum atomic E-state index is 13.2. The first kappa shape index (κ1) is 22.7. The van der Waals surface area contributed by atoms with E-state index in [9.17, 15) is 13.2 Å². The molecule has 2 heterocycles. The van der Waals surface area contributed by atoms with Gasteiger partial charge in [0.15, 0.2) is 0 Å². The number of hydrogen-bond donors (Lipinski definition) is 1. The summed E-state index contributed by atoms with van der Waals surface area (Å²) in [5.41, 5.74) is 0.401. The molecule has 1 aliphatic rings. The average molecular weight is 455 g/mol. The predicted molar refractivity (Wildman–Crippen MR) is 117 cm³/mol. The molecule has 1 saturated heterocycles. The zero-order valence-corrected chi connectivity index (χ0v) is 19.0. The third-order valence-electron chi connectivity index (χ3n) is 5.03. The predicted octanol–water partition coefficient (Wildman–Crippen LogP) is 2.38. The molecule has 0 spiro atoms. The quantitative estimate of drug-likeness (QED) is 0.690. The minimum absolute atomic E-state index is 0.0403. The van der Waals surface area contributed by atoms with Crippen molar-refractivity contribution in [3.8, 4) is 17.1 Å². The van der Waals surface area contributed by atoms with E-state index in [0.717, 1.165) is 6.42 Å². The van der Waals surface area contributed by atoms with E-state index >= 15 is 0 Å². The topological polar surface area (TPSA) is 95.6 Å². The number of benzene rings is 1. The number of hydrogen-bond acceptors (Lipinski definition) is 6. The third kappa shape index (κ3) is 4.69. The van der Waals surface area contributed by atoms with Gasteiger partial charge in [-0.2, -0.15) is 4.31 Å². The summed E-state index contributed by atoms with van der Waals surface area (Å²) in [6.07, 6.45) is 1.26. The fourth-order valence-electron chi connectivity index (χ4n) is 3.24. The molecule has 3 rings (SSSR count). The van der Waals surface area contributed by atoms with Gasteiger partial charge < -0.3 is 14.6 Å². The van der Waals surface area contributed by atoms with Crippen LogP contribution < -0.4 is 10.3 Å². The van der Waals surface area contributed by atoms with Crippen molar-refractivity contribution in [1.82, 2.24) is 19.2 Å². The number of aromatic nitrogens is 2. The second-order valence-electron chi connectivity index (χ2n) is 7.24. The van der Waals surface area contributed by atoms with Crippen LogP contribution in [0.25, 0.3) is 11.4 Å². The molecule has 30 heavy (non-hydrogen) atoms. The number of H-pyrrole nitrogens is 1. The highest BCUT2D eigenvalue weighted by Crippen LogP contribution is 2.32. The van der Waals surface area contributed by atoms with Crippen LogP contribution in [0.2, 0.25) is 5.02 Å². The molecule has 2 aromatic rings. The molecule has 0 unspecified atom stereocenters. The van der Waals surface area contributed by atoms with E-state index < -0.39 is 15.6 Å². The molecule has 0 bridgehead atoms. The lowest BCUT2D eigenvalue weighted by molar-refractivity contribution is 0.222. The van der Waals surface area contributed by atoms with Crippen molar-refractivity contribution in [2.24, 2.45) is 0 Å². The minimum atomic E-state index is -3.68. The van der Waals surface area contributed by atoms with Crippen LogP contribution in [0.15, 0.2) is 27.9 Å². The summed E-state index contributed by atoms with van der Waals surface area (Å²) >= 11 is 6.05. The number of likely N-dealkylation sites (N-methyl/N-ethyl adjacent to an activating group) is 1. The van der Waals surface area contributed by atoms with Crippen LogP contribution in [0, 0.1) is 0 Å². The van der Waals surface area contributed by atoms with Gasteiger partial charge in [0.25, 0.3) is 5.56 Å². The van der Waals surface area contributed by atoms with E-state index in [0.29, 0.717) is 56.2 Å². The summed E-state index contributed by atoms with van der Waals surface area (Å²) in [6.45, 7) is 6.49. The fraction of sp³-hybridized carbons (Fsp3) is 0.500. The lowest BCUT2D eigenvalue weighted by Gasteiger charge is -2.31. The molecule has 0 saturated carbocycles. The second kappa shape index (κ2) is 9.47. The van der Waals surface area contributed by atoms with Crippen molar-refractivity contribution in [2.45, 2.75) is 31.6 Å². The Bertz CT molecular complexity index is 1060. The highest BCUT2D eigenvalue weighted by atomic mass is 35.5. The van der Waals surface area contributed by atoms with E-state index in [1.54, 1.807) is 6.07 Å². The van der Waals surface area contributed by atoms with Crippen molar-refractivity contribution in [3.63, 3.8) is 0 Å². The Balaban J connectivity index is 2.09. The summed E-state index contributed by atoms with van der Waals surface area (Å²) in [5.74, 6) is 0.699. The van der Waals surface area contributed by atoms with Crippen molar-refractivity contribution < 1.29 is 13.2 Å². The number of rotatable bonds is 7. The van der Waals surface area contributed by atoms with Crippen LogP contribution in [0.3, 0.4) is 0 Å². The van der Waals surface area contributed by atoms with Gasteiger partial charge in [-0.1, -0.05) is 25.4 Å². The molecular formula is C20H27ClN4O4S. The SMILES string of the molecule is CCCOc1ccc(S(=O)(=O)N2CCN(C)CC2)cc1-c1nc(CC)c(Cl)c(=O)[nH]1. The second-order valence-corrected chi connectivity index (χ2v) is 9.56. The van der Waals surface area contributed by atoms with Crippen molar-refractivity contribution >= 4 is 21.6 Å². The summed E-state index contributed by atoms with van der Waals surface area (Å²) < 4.78 is 33.7. The fourth-order valence-corrected chi connectivity index (χ4v) is 4.91. The molecule has 10 heteroatoms. The van der Waals surface area contributed by atoms with E-state index in [1.165, 1.54) is 16.4 Å². The maximum absolute atomic E-state index is 13.2. The van der Waals surface area contributed by atoms with E-state index in [2.05, 4.69) is 14.9 Å². The standard InChI is InChI=1S/C20H27ClN4O4S/c1-4-12-29-17-7-6-14(30(27,28)25-10-8-24(3)9-11-25)13-15(17)19-22-16(5-2)18(21)20(26)23-19/h6-7,13H,4-5,8-12H2,1-3H3,(H,22,23,26). The first-order valence-corrected chi connectivity index (χ1v) is 11.8. The zero-order chi connectivity index (χ0) is 21.9. The molecule has 1 aliphatic heterocycles. The van der Waals surface area contributed by atoms with E-state index in [-0.39, 0.29) is 15.7 Å². The summed E-state index contributed by atoms with van der Waals surface area (Å²) in [7, 11) is -1.71. The molecule has 1 fully saturated rings. The van der Waals surface area contributed by atoms with E-state index in [4.69, 9.17) is 16.3 Å². The molecule has 0 radical (unpaired) electrons. The van der Waals surface area contributed by atoms with Crippen LogP contribution in [0.5, 0.6) is 5.75 Å². The molecule has 1 aromatic carbocycles. The van der Waals surface area contributed by atoms with Gasteiger partial charge in [-0.15, -0.1) is 0 Å². The first-order valence-electron chi connectivity index (χ1n) is 10.0. The van der Waals surface area contributed by atoms with Gasteiger partial charge >= 0.3 is 0 Å². The van der Waals surface area contributed by atoms with Gasteiger partial charge in [0.05, 0.1) is 22.8 Å². The highest BCUT2D eigenvalue weighted by Gasteiger charge is 2.28. The van der Waals surface area contributed by atoms with Crippen LogP contribution in [-0.2, 0) is 16.4 Å². The average Bonchev–Trinajstić information content (AvgIpc) is 2.74. The molecule has 0 amide bonds. The Morgan fingerprint density at radius 1 is 1.20 bits per heavy atom. The van der Waals surface area contributed by atoms with Crippen molar-refractivity contribution in [3.05, 3.63) is 39.3 Å². The molecule has 8 nitrogen and oxygen atoms in total. The molecule has 1 aromatic heterocycles. The number of ether oxygens (including phenoxy) is 1. The number of nitrogens with one attached hydrogen (secondary N) is 1. The highest BCUT2D eigenvalue weighted by molar-refractivity contribution is 7.89. The van der Waals surface area contributed by atoms with Gasteiger partial charge in [0.1, 0.15) is 16.6 Å². The van der Waals surface area contributed by atoms with Gasteiger partial charge in [-0.25, -0.2) is 13.4 Å². The Morgan fingerprint density at radius 3 is 2.53 bits per heavy atom. The first-order chi connectivity index (χ1) is 14.3. The van der Waals surface area contributed by atoms with Crippen molar-refractivity contribution in [2.75, 3.05) is 39.8 Å². The van der Waals surface area contributed by atoms with Gasteiger partial charge in [-0.3, -0.25) is 4.79 Å². The Hall–Kier alpha value is -1.94. The molecule has 1 N–H and O–H groups in total. The van der Waals surface area contributed by atoms with Crippen LogP contribution in [0.1, 0.15) is 26.0 Å². The Labute approximate surface area is 181 Å².